The van der Waals surface area contributed by atoms with Crippen molar-refractivity contribution in [2.75, 3.05) is 5.32 Å². The van der Waals surface area contributed by atoms with Crippen LogP contribution >= 0.6 is 0 Å². The molecule has 2 aliphatic rings. The molecule has 1 fully saturated rings. The molecule has 1 unspecified atom stereocenters. The first-order valence-electron chi connectivity index (χ1n) is 8.82. The molecular weight excluding hydrogens is 396 g/mol. The van der Waals surface area contributed by atoms with E-state index in [1.165, 1.54) is 19.1 Å². The number of alkyl halides is 3. The number of oxazole rings is 1. The SMILES string of the molecule is CC(F)c1nc(C(=O)Nc2ccc(F)c([C@@H]3[C@H]4C[C@H]4OC(N)=[N+]3C(F)F)c2)co1. The third-order valence-electron chi connectivity index (χ3n) is 4.89. The molecule has 4 rings (SSSR count). The van der Waals surface area contributed by atoms with E-state index in [1.54, 1.807) is 0 Å². The molecule has 0 bridgehead atoms. The summed E-state index contributed by atoms with van der Waals surface area (Å²) in [6.45, 7) is -1.79. The van der Waals surface area contributed by atoms with E-state index in [9.17, 15) is 22.4 Å². The second kappa shape index (κ2) is 7.05. The van der Waals surface area contributed by atoms with Crippen molar-refractivity contribution in [3.8, 4) is 0 Å². The number of amidine groups is 1. The lowest BCUT2D eigenvalue weighted by atomic mass is 9.99. The van der Waals surface area contributed by atoms with Crippen LogP contribution in [0.15, 0.2) is 28.9 Å². The maximum Gasteiger partial charge on any atom is 0.447 e. The first kappa shape index (κ1) is 19.2. The predicted molar refractivity (Wildman–Crippen MR) is 91.6 cm³/mol. The van der Waals surface area contributed by atoms with E-state index >= 15 is 0 Å². The zero-order valence-corrected chi connectivity index (χ0v) is 15.1. The van der Waals surface area contributed by atoms with Gasteiger partial charge in [0.05, 0.1) is 0 Å². The average molecular weight is 413 g/mol. The molecule has 1 aromatic heterocycles. The predicted octanol–water partition coefficient (Wildman–Crippen LogP) is 3.11. The van der Waals surface area contributed by atoms with Gasteiger partial charge in [-0.1, -0.05) is 0 Å². The number of ether oxygens (including phenoxy) is 1. The van der Waals surface area contributed by atoms with Crippen molar-refractivity contribution in [2.45, 2.75) is 38.2 Å². The molecule has 0 saturated heterocycles. The minimum atomic E-state index is -2.99. The summed E-state index contributed by atoms with van der Waals surface area (Å²) >= 11 is 0. The monoisotopic (exact) mass is 413 g/mol. The number of carbonyl (C=O) groups is 1. The molecular formula is C18H17F4N4O3+. The molecule has 0 radical (unpaired) electrons. The lowest BCUT2D eigenvalue weighted by molar-refractivity contribution is -0.674. The van der Waals surface area contributed by atoms with Crippen molar-refractivity contribution in [3.05, 3.63) is 47.4 Å². The van der Waals surface area contributed by atoms with Gasteiger partial charge in [0, 0.05) is 17.2 Å². The Balaban J connectivity index is 1.62. The molecule has 0 spiro atoms. The van der Waals surface area contributed by atoms with E-state index < -0.39 is 36.5 Å². The molecule has 1 aliphatic carbocycles. The molecule has 2 heterocycles. The number of benzene rings is 1. The van der Waals surface area contributed by atoms with Crippen LogP contribution in [0.25, 0.3) is 0 Å². The molecule has 154 valence electrons. The number of anilines is 1. The Labute approximate surface area is 162 Å². The number of hydrogen-bond donors (Lipinski definition) is 2. The Bertz CT molecular complexity index is 991. The molecule has 1 aliphatic heterocycles. The van der Waals surface area contributed by atoms with Gasteiger partial charge in [0.25, 0.3) is 5.91 Å². The maximum absolute atomic E-state index is 14.5. The average Bonchev–Trinajstić information content (AvgIpc) is 3.23. The Morgan fingerprint density at radius 2 is 2.14 bits per heavy atom. The highest BCUT2D eigenvalue weighted by Crippen LogP contribution is 2.49. The molecule has 7 nitrogen and oxygen atoms in total. The van der Waals surface area contributed by atoms with Crippen molar-refractivity contribution >= 4 is 17.6 Å². The number of hydrogen-bond acceptors (Lipinski definition) is 5. The third-order valence-corrected chi connectivity index (χ3v) is 4.89. The van der Waals surface area contributed by atoms with Gasteiger partial charge >= 0.3 is 12.6 Å². The number of nitrogens with one attached hydrogen (secondary N) is 1. The lowest BCUT2D eigenvalue weighted by Crippen LogP contribution is -2.42. The van der Waals surface area contributed by atoms with Crippen molar-refractivity contribution in [1.82, 2.24) is 4.98 Å². The number of aromatic nitrogens is 1. The van der Waals surface area contributed by atoms with Crippen LogP contribution in [-0.4, -0.2) is 34.1 Å². The van der Waals surface area contributed by atoms with Crippen molar-refractivity contribution in [2.24, 2.45) is 11.7 Å². The molecule has 2 aromatic rings. The van der Waals surface area contributed by atoms with Crippen molar-refractivity contribution in [3.63, 3.8) is 0 Å². The van der Waals surface area contributed by atoms with Gasteiger partial charge in [-0.15, -0.1) is 0 Å². The quantitative estimate of drug-likeness (QED) is 0.446. The van der Waals surface area contributed by atoms with E-state index in [2.05, 4.69) is 10.3 Å². The van der Waals surface area contributed by atoms with Crippen LogP contribution in [-0.2, 0) is 4.74 Å². The fraction of sp³-hybridized carbons (Fsp3) is 0.389. The highest BCUT2D eigenvalue weighted by atomic mass is 19.3. The topological polar surface area (TPSA) is 93.4 Å². The summed E-state index contributed by atoms with van der Waals surface area (Å²) in [4.78, 5) is 16.0. The van der Waals surface area contributed by atoms with E-state index in [4.69, 9.17) is 14.9 Å². The Hall–Kier alpha value is -3.11. The minimum Gasteiger partial charge on any atom is -0.445 e. The van der Waals surface area contributed by atoms with Gasteiger partial charge in [-0.2, -0.15) is 13.4 Å². The molecule has 11 heteroatoms. The summed E-state index contributed by atoms with van der Waals surface area (Å²) in [7, 11) is 0. The van der Waals surface area contributed by atoms with Crippen LogP contribution in [0.5, 0.6) is 0 Å². The largest absolute Gasteiger partial charge is 0.447 e. The fourth-order valence-corrected chi connectivity index (χ4v) is 3.43. The van der Waals surface area contributed by atoms with E-state index in [0.717, 1.165) is 12.3 Å². The smallest absolute Gasteiger partial charge is 0.445 e. The number of nitrogens with zero attached hydrogens (tertiary/aromatic N) is 2. The number of amides is 1. The van der Waals surface area contributed by atoms with E-state index in [-0.39, 0.29) is 34.9 Å². The summed E-state index contributed by atoms with van der Waals surface area (Å²) in [6.07, 6.45) is -0.375. The molecule has 4 atom stereocenters. The molecule has 1 amide bonds. The van der Waals surface area contributed by atoms with Crippen LogP contribution in [0.4, 0.5) is 23.2 Å². The standard InChI is InChI=1S/C18H16F4N4O3/c1-7(19)16-25-12(6-28-16)15(27)24-8-2-3-11(20)9(4-8)14-10-5-13(10)29-18(23)26(14)17(21)22/h2-4,6-7,10,13-14,17,23H,5H2,1H3,(H,24,27)/p+1/t7?,10-,13+,14+/m0/s1. The number of carbonyl (C=O) groups excluding carboxylic acids is 1. The summed E-state index contributed by atoms with van der Waals surface area (Å²) < 4.78 is 65.4. The summed E-state index contributed by atoms with van der Waals surface area (Å²) in [6, 6.07) is 2.11. The summed E-state index contributed by atoms with van der Waals surface area (Å²) in [5.41, 5.74) is 5.54. The molecule has 1 saturated carbocycles. The third kappa shape index (κ3) is 3.52. The zero-order chi connectivity index (χ0) is 20.9. The lowest BCUT2D eigenvalue weighted by Gasteiger charge is -2.24. The summed E-state index contributed by atoms with van der Waals surface area (Å²) in [5.74, 6) is -2.03. The number of fused-ring (bicyclic) bond motifs is 1. The maximum atomic E-state index is 14.5. The number of nitrogens with two attached hydrogens (primary N) is 1. The van der Waals surface area contributed by atoms with Crippen molar-refractivity contribution < 1.29 is 36.1 Å². The molecule has 1 aromatic carbocycles. The van der Waals surface area contributed by atoms with Gasteiger partial charge in [0.2, 0.25) is 5.89 Å². The molecule has 29 heavy (non-hydrogen) atoms. The van der Waals surface area contributed by atoms with Gasteiger partial charge in [0.15, 0.2) is 11.9 Å². The van der Waals surface area contributed by atoms with Gasteiger partial charge < -0.3 is 14.5 Å². The van der Waals surface area contributed by atoms with Gasteiger partial charge in [-0.25, -0.2) is 13.8 Å². The van der Waals surface area contributed by atoms with Crippen LogP contribution in [0.1, 0.15) is 47.5 Å². The summed E-state index contributed by atoms with van der Waals surface area (Å²) in [5, 5.41) is 2.48. The number of rotatable bonds is 5. The molecule has 3 N–H and O–H groups in total. The first-order chi connectivity index (χ1) is 13.8. The minimum absolute atomic E-state index is 0.0416. The number of halogens is 4. The van der Waals surface area contributed by atoms with Crippen LogP contribution in [0.2, 0.25) is 0 Å². The van der Waals surface area contributed by atoms with E-state index in [1.807, 2.05) is 0 Å². The van der Waals surface area contributed by atoms with Gasteiger partial charge in [0.1, 0.15) is 24.2 Å². The van der Waals surface area contributed by atoms with Crippen molar-refractivity contribution in [1.29, 1.82) is 0 Å². The van der Waals surface area contributed by atoms with Gasteiger partial charge in [-0.05, 0) is 31.5 Å². The van der Waals surface area contributed by atoms with E-state index in [0.29, 0.717) is 11.0 Å². The normalized spacial score (nSPS) is 24.1. The van der Waals surface area contributed by atoms with Crippen LogP contribution in [0.3, 0.4) is 0 Å². The van der Waals surface area contributed by atoms with Crippen LogP contribution in [0, 0.1) is 11.7 Å². The van der Waals surface area contributed by atoms with Gasteiger partial charge in [-0.3, -0.25) is 10.5 Å². The first-order valence-corrected chi connectivity index (χ1v) is 8.82. The fourth-order valence-electron chi connectivity index (χ4n) is 3.43. The Morgan fingerprint density at radius 1 is 1.38 bits per heavy atom. The Kier molecular flexibility index (Phi) is 4.67. The van der Waals surface area contributed by atoms with Crippen LogP contribution < -0.4 is 11.1 Å². The Morgan fingerprint density at radius 3 is 2.79 bits per heavy atom. The highest BCUT2D eigenvalue weighted by molar-refractivity contribution is 6.02. The second-order valence-corrected chi connectivity index (χ2v) is 6.90. The second-order valence-electron chi connectivity index (χ2n) is 6.90. The zero-order valence-electron chi connectivity index (χ0n) is 15.1. The highest BCUT2D eigenvalue weighted by Gasteiger charge is 2.57.